The van der Waals surface area contributed by atoms with Gasteiger partial charge in [0.2, 0.25) is 0 Å². The molecule has 2 amide bonds. The van der Waals surface area contributed by atoms with Crippen LogP contribution in [-0.2, 0) is 4.79 Å². The highest BCUT2D eigenvalue weighted by Gasteiger charge is 2.12. The molecule has 0 radical (unpaired) electrons. The lowest BCUT2D eigenvalue weighted by molar-refractivity contribution is -0.118. The van der Waals surface area contributed by atoms with Crippen molar-refractivity contribution in [1.82, 2.24) is 5.43 Å². The van der Waals surface area contributed by atoms with Gasteiger partial charge in [-0.3, -0.25) is 9.59 Å². The molecule has 3 aromatic carbocycles. The van der Waals surface area contributed by atoms with E-state index >= 15 is 0 Å². The lowest BCUT2D eigenvalue weighted by Crippen LogP contribution is -2.21. The molecule has 33 heavy (non-hydrogen) atoms. The van der Waals surface area contributed by atoms with Crippen LogP contribution >= 0.6 is 31.9 Å². The Balaban J connectivity index is 1.67. The number of methoxy groups -OCH3 is 1. The number of halogens is 2. The molecule has 7 nitrogen and oxygen atoms in total. The van der Waals surface area contributed by atoms with Gasteiger partial charge < -0.3 is 14.8 Å². The number of hydrogen-bond donors (Lipinski definition) is 2. The number of ether oxygens (including phenoxy) is 2. The predicted octanol–water partition coefficient (Wildman–Crippen LogP) is 5.31. The summed E-state index contributed by atoms with van der Waals surface area (Å²) in [5.74, 6) is 0.292. The summed E-state index contributed by atoms with van der Waals surface area (Å²) >= 11 is 6.87. The van der Waals surface area contributed by atoms with Crippen LogP contribution in [0.3, 0.4) is 0 Å². The molecule has 0 saturated carbocycles. The van der Waals surface area contributed by atoms with E-state index in [0.29, 0.717) is 32.8 Å². The molecule has 0 aliphatic heterocycles. The van der Waals surface area contributed by atoms with Crippen molar-refractivity contribution in [3.05, 3.63) is 86.3 Å². The average molecular weight is 575 g/mol. The first-order valence-electron chi connectivity index (χ1n) is 9.81. The fourth-order valence-electron chi connectivity index (χ4n) is 2.79. The maximum atomic E-state index is 12.3. The minimum Gasteiger partial charge on any atom is -0.497 e. The van der Waals surface area contributed by atoms with Gasteiger partial charge in [0, 0.05) is 21.3 Å². The highest BCUT2D eigenvalue weighted by Crippen LogP contribution is 2.32. The third-order valence-electron chi connectivity index (χ3n) is 4.42. The fraction of sp³-hybridized carbons (Fsp3) is 0.125. The number of rotatable bonds is 8. The molecule has 2 N–H and O–H groups in total. The van der Waals surface area contributed by atoms with Gasteiger partial charge in [0.1, 0.15) is 11.5 Å². The van der Waals surface area contributed by atoms with E-state index in [1.807, 2.05) is 31.2 Å². The summed E-state index contributed by atoms with van der Waals surface area (Å²) in [4.78, 5) is 24.7. The van der Waals surface area contributed by atoms with Gasteiger partial charge in [-0.25, -0.2) is 5.43 Å². The van der Waals surface area contributed by atoms with Crippen molar-refractivity contribution in [2.24, 2.45) is 5.10 Å². The number of amides is 2. The van der Waals surface area contributed by atoms with Crippen LogP contribution in [0.15, 0.2) is 74.7 Å². The number of benzene rings is 3. The van der Waals surface area contributed by atoms with Gasteiger partial charge in [0.25, 0.3) is 11.8 Å². The van der Waals surface area contributed by atoms with E-state index < -0.39 is 0 Å². The lowest BCUT2D eigenvalue weighted by atomic mass is 10.2. The Bertz CT molecular complexity index is 1180. The van der Waals surface area contributed by atoms with Crippen LogP contribution in [0.4, 0.5) is 5.69 Å². The number of anilines is 1. The maximum Gasteiger partial charge on any atom is 0.271 e. The van der Waals surface area contributed by atoms with Crippen molar-refractivity contribution in [3.8, 4) is 11.5 Å². The van der Waals surface area contributed by atoms with E-state index in [1.165, 1.54) is 13.3 Å². The van der Waals surface area contributed by atoms with Gasteiger partial charge in [-0.05, 0) is 65.3 Å². The Morgan fingerprint density at radius 1 is 1.06 bits per heavy atom. The summed E-state index contributed by atoms with van der Waals surface area (Å²) in [6.07, 6.45) is 1.45. The first kappa shape index (κ1) is 24.5. The smallest absolute Gasteiger partial charge is 0.271 e. The highest BCUT2D eigenvalue weighted by molar-refractivity contribution is 9.11. The van der Waals surface area contributed by atoms with Gasteiger partial charge in [-0.1, -0.05) is 39.7 Å². The Labute approximate surface area is 208 Å². The van der Waals surface area contributed by atoms with Crippen LogP contribution in [0.1, 0.15) is 21.5 Å². The zero-order valence-electron chi connectivity index (χ0n) is 17.9. The first-order chi connectivity index (χ1) is 15.9. The SMILES string of the molecule is COc1cccc(C(=O)N/N=C/c2cc(Br)cc(Br)c2OCC(=O)Nc2ccc(C)cc2)c1. The van der Waals surface area contributed by atoms with Crippen molar-refractivity contribution in [2.75, 3.05) is 19.0 Å². The van der Waals surface area contributed by atoms with E-state index in [-0.39, 0.29) is 18.4 Å². The van der Waals surface area contributed by atoms with Crippen molar-refractivity contribution in [2.45, 2.75) is 6.92 Å². The normalized spacial score (nSPS) is 10.7. The standard InChI is InChI=1S/C24H21Br2N3O4/c1-15-6-8-19(9-7-15)28-22(30)14-33-23-17(10-18(25)12-21(23)26)13-27-29-24(31)16-4-3-5-20(11-16)32-2/h3-13H,14H2,1-2H3,(H,28,30)(H,29,31)/b27-13+. The molecule has 3 aromatic rings. The molecule has 0 aromatic heterocycles. The molecule has 9 heteroatoms. The summed E-state index contributed by atoms with van der Waals surface area (Å²) in [7, 11) is 1.53. The monoisotopic (exact) mass is 573 g/mol. The number of aryl methyl sites for hydroxylation is 1. The Kier molecular flexibility index (Phi) is 8.62. The van der Waals surface area contributed by atoms with Crippen LogP contribution in [0.5, 0.6) is 11.5 Å². The lowest BCUT2D eigenvalue weighted by Gasteiger charge is -2.12. The fourth-order valence-corrected chi connectivity index (χ4v) is 4.16. The summed E-state index contributed by atoms with van der Waals surface area (Å²) in [5.41, 5.74) is 5.23. The van der Waals surface area contributed by atoms with Crippen molar-refractivity contribution in [3.63, 3.8) is 0 Å². The van der Waals surface area contributed by atoms with Crippen LogP contribution in [0.25, 0.3) is 0 Å². The molecule has 0 fully saturated rings. The molecular weight excluding hydrogens is 554 g/mol. The third-order valence-corrected chi connectivity index (χ3v) is 5.47. The molecule has 0 saturated heterocycles. The van der Waals surface area contributed by atoms with E-state index in [4.69, 9.17) is 9.47 Å². The minimum atomic E-state index is -0.390. The van der Waals surface area contributed by atoms with Crippen molar-refractivity contribution < 1.29 is 19.1 Å². The summed E-state index contributed by atoms with van der Waals surface area (Å²) in [6.45, 7) is 1.77. The highest BCUT2D eigenvalue weighted by atomic mass is 79.9. The third kappa shape index (κ3) is 7.16. The zero-order valence-corrected chi connectivity index (χ0v) is 21.1. The Morgan fingerprint density at radius 3 is 2.55 bits per heavy atom. The van der Waals surface area contributed by atoms with Gasteiger partial charge in [0.15, 0.2) is 6.61 Å². The molecule has 0 unspecified atom stereocenters. The van der Waals surface area contributed by atoms with Crippen molar-refractivity contribution in [1.29, 1.82) is 0 Å². The second-order valence-electron chi connectivity index (χ2n) is 6.94. The van der Waals surface area contributed by atoms with Gasteiger partial charge in [-0.15, -0.1) is 0 Å². The second kappa shape index (κ2) is 11.6. The quantitative estimate of drug-likeness (QED) is 0.282. The van der Waals surface area contributed by atoms with Gasteiger partial charge >= 0.3 is 0 Å². The molecule has 0 heterocycles. The molecule has 0 bridgehead atoms. The van der Waals surface area contributed by atoms with Gasteiger partial charge in [0.05, 0.1) is 17.8 Å². The molecular formula is C24H21Br2N3O4. The number of hydrazone groups is 1. The molecule has 0 aliphatic rings. The number of carbonyl (C=O) groups excluding carboxylic acids is 2. The van der Waals surface area contributed by atoms with E-state index in [2.05, 4.69) is 47.7 Å². The first-order valence-corrected chi connectivity index (χ1v) is 11.4. The summed E-state index contributed by atoms with van der Waals surface area (Å²) in [6, 6.07) is 17.8. The van der Waals surface area contributed by atoms with Crippen LogP contribution in [-0.4, -0.2) is 31.7 Å². The number of nitrogens with one attached hydrogen (secondary N) is 2. The Morgan fingerprint density at radius 2 is 1.82 bits per heavy atom. The molecule has 3 rings (SSSR count). The predicted molar refractivity (Wildman–Crippen MR) is 135 cm³/mol. The zero-order chi connectivity index (χ0) is 23.8. The van der Waals surface area contributed by atoms with Crippen LogP contribution in [0, 0.1) is 6.92 Å². The molecule has 170 valence electrons. The number of carbonyl (C=O) groups is 2. The second-order valence-corrected chi connectivity index (χ2v) is 8.71. The maximum absolute atomic E-state index is 12.3. The minimum absolute atomic E-state index is 0.203. The molecule has 0 aliphatic carbocycles. The van der Waals surface area contributed by atoms with Gasteiger partial charge in [-0.2, -0.15) is 5.10 Å². The topological polar surface area (TPSA) is 89.0 Å². The molecule has 0 spiro atoms. The van der Waals surface area contributed by atoms with Crippen LogP contribution in [0.2, 0.25) is 0 Å². The summed E-state index contributed by atoms with van der Waals surface area (Å²) in [5, 5.41) is 6.82. The largest absolute Gasteiger partial charge is 0.497 e. The molecule has 0 atom stereocenters. The van der Waals surface area contributed by atoms with Crippen molar-refractivity contribution >= 4 is 55.6 Å². The van der Waals surface area contributed by atoms with Crippen LogP contribution < -0.4 is 20.2 Å². The van der Waals surface area contributed by atoms with E-state index in [1.54, 1.807) is 36.4 Å². The Hall–Kier alpha value is -3.17. The number of hydrogen-bond acceptors (Lipinski definition) is 5. The van der Waals surface area contributed by atoms with E-state index in [0.717, 1.165) is 10.0 Å². The summed E-state index contributed by atoms with van der Waals surface area (Å²) < 4.78 is 12.3. The average Bonchev–Trinajstić information content (AvgIpc) is 2.80. The number of nitrogens with zero attached hydrogens (tertiary/aromatic N) is 1. The van der Waals surface area contributed by atoms with E-state index in [9.17, 15) is 9.59 Å².